The topological polar surface area (TPSA) is 63.2 Å². The van der Waals surface area contributed by atoms with Gasteiger partial charge in [-0.1, -0.05) is 11.8 Å². The van der Waals surface area contributed by atoms with Crippen LogP contribution in [0, 0.1) is 30.6 Å². The Balaban J connectivity index is 4.20. The van der Waals surface area contributed by atoms with Crippen molar-refractivity contribution in [3.63, 3.8) is 0 Å². The van der Waals surface area contributed by atoms with Gasteiger partial charge in [-0.25, -0.2) is 4.57 Å². The predicted octanol–water partition coefficient (Wildman–Crippen LogP) is 2.37. The van der Waals surface area contributed by atoms with Crippen molar-refractivity contribution >= 4 is 31.6 Å². The highest BCUT2D eigenvalue weighted by Crippen LogP contribution is 2.52. The maximum Gasteiger partial charge on any atom is 0.507 e. The average Bonchev–Trinajstić information content (AvgIpc) is 2.44. The summed E-state index contributed by atoms with van der Waals surface area (Å²) in [6, 6.07) is 0. The molecule has 19 heavy (non-hydrogen) atoms. The van der Waals surface area contributed by atoms with Gasteiger partial charge in [-0.2, -0.15) is 8.15 Å². The molecule has 0 aromatic rings. The number of terminal acetylenes is 2. The molecule has 0 bridgehead atoms. The summed E-state index contributed by atoms with van der Waals surface area (Å²) >= 11 is 9.87. The van der Waals surface area contributed by atoms with E-state index in [1.807, 2.05) is 0 Å². The van der Waals surface area contributed by atoms with Crippen LogP contribution in [0.25, 0.3) is 0 Å². The summed E-state index contributed by atoms with van der Waals surface area (Å²) in [5.41, 5.74) is 0. The second kappa shape index (κ2) is 11.5. The predicted molar refractivity (Wildman–Crippen MR) is 70.2 cm³/mol. The summed E-state index contributed by atoms with van der Waals surface area (Å²) in [5.74, 6) is 4.31. The Morgan fingerprint density at radius 2 is 1.47 bits per heavy atom. The number of phosphoric acid groups is 1. The number of hydrogen-bond donors (Lipinski definition) is 0. The molecule has 6 nitrogen and oxygen atoms in total. The molecule has 0 aliphatic heterocycles. The van der Waals surface area contributed by atoms with Crippen LogP contribution in [0.1, 0.15) is 0 Å². The van der Waals surface area contributed by atoms with Gasteiger partial charge in [0.2, 0.25) is 0 Å². The van der Waals surface area contributed by atoms with Crippen LogP contribution in [0.2, 0.25) is 0 Å². The van der Waals surface area contributed by atoms with E-state index in [4.69, 9.17) is 50.6 Å². The van der Waals surface area contributed by atoms with Crippen LogP contribution < -0.4 is 0 Å². The van der Waals surface area contributed by atoms with Crippen LogP contribution in [0.4, 0.5) is 0 Å². The monoisotopic (exact) mass is 330 g/mol. The van der Waals surface area contributed by atoms with Gasteiger partial charge >= 0.3 is 7.82 Å². The molecule has 0 aliphatic carbocycles. The summed E-state index contributed by atoms with van der Waals surface area (Å²) in [5, 5.41) is 0. The maximum atomic E-state index is 11.4. The molecule has 0 saturated heterocycles. The second-order valence-corrected chi connectivity index (χ2v) is 5.44. The third-order valence-corrected chi connectivity index (χ3v) is 3.53. The van der Waals surface area contributed by atoms with Crippen molar-refractivity contribution < 1.29 is 26.7 Å². The fourth-order valence-electron chi connectivity index (χ4n) is 0.961. The highest BCUT2D eigenvalue weighted by Gasteiger charge is 2.28. The van der Waals surface area contributed by atoms with E-state index in [0.717, 1.165) is 0 Å². The zero-order valence-corrected chi connectivity index (χ0v) is 12.3. The maximum absolute atomic E-state index is 11.4. The zero-order valence-electron chi connectivity index (χ0n) is 9.92. The second-order valence-electron chi connectivity index (χ2n) is 3.19. The first-order valence-electron chi connectivity index (χ1n) is 4.99. The number of hydrogen-bond acceptors (Lipinski definition) is 6. The van der Waals surface area contributed by atoms with E-state index < -0.39 is 7.82 Å². The van der Waals surface area contributed by atoms with Gasteiger partial charge in [0.15, 0.2) is 0 Å². The smallest absolute Gasteiger partial charge is 0.368 e. The lowest BCUT2D eigenvalue weighted by Gasteiger charge is -2.17. The van der Waals surface area contributed by atoms with Crippen molar-refractivity contribution in [2.75, 3.05) is 33.0 Å². The molecule has 0 aliphatic rings. The Labute approximate surface area is 122 Å². The Morgan fingerprint density at radius 1 is 1.00 bits per heavy atom. The van der Waals surface area contributed by atoms with Crippen LogP contribution in [0.15, 0.2) is 0 Å². The lowest BCUT2D eigenvalue weighted by atomic mass is 10.2. The lowest BCUT2D eigenvalue weighted by molar-refractivity contribution is 0.0345. The number of halogens is 2. The molecule has 0 atom stereocenters. The lowest BCUT2D eigenvalue weighted by Crippen LogP contribution is -2.21. The van der Waals surface area contributed by atoms with E-state index >= 15 is 0 Å². The molecule has 0 saturated carbocycles. The summed E-state index contributed by atoms with van der Waals surface area (Å²) in [6.07, 6.45) is 10.1. The van der Waals surface area contributed by atoms with Gasteiger partial charge in [0.05, 0.1) is 43.6 Å². The number of rotatable bonds is 11. The Hall–Kier alpha value is -0.270. The Morgan fingerprint density at radius 3 is 1.84 bits per heavy atom. The standard InChI is InChI=1S/C10H13Cl2O6P/c1-3-5-14-7-10(8-15-6-4-2)9-16-19(13,17-11)18-12/h1-2,10H,5-9H2. The molecule has 0 N–H and O–H groups in total. The summed E-state index contributed by atoms with van der Waals surface area (Å²) in [4.78, 5) is 0. The van der Waals surface area contributed by atoms with Gasteiger partial charge in [-0.15, -0.1) is 12.8 Å². The van der Waals surface area contributed by atoms with Crippen LogP contribution >= 0.6 is 31.6 Å². The van der Waals surface area contributed by atoms with E-state index in [1.54, 1.807) is 0 Å². The minimum Gasteiger partial charge on any atom is -0.368 e. The van der Waals surface area contributed by atoms with Crippen molar-refractivity contribution in [2.45, 2.75) is 0 Å². The highest BCUT2D eigenvalue weighted by atomic mass is 35.5. The minimum absolute atomic E-state index is 0.0914. The average molecular weight is 331 g/mol. The van der Waals surface area contributed by atoms with Gasteiger partial charge in [0.1, 0.15) is 13.2 Å². The van der Waals surface area contributed by atoms with Crippen LogP contribution in [0.5, 0.6) is 0 Å². The largest absolute Gasteiger partial charge is 0.507 e. The molecule has 108 valence electrons. The fourth-order valence-corrected chi connectivity index (χ4v) is 1.95. The molecule has 0 unspecified atom stereocenters. The third kappa shape index (κ3) is 9.29. The molecule has 0 amide bonds. The molecular weight excluding hydrogens is 318 g/mol. The van der Waals surface area contributed by atoms with E-state index in [9.17, 15) is 4.57 Å². The quantitative estimate of drug-likeness (QED) is 0.329. The molecule has 0 aromatic heterocycles. The van der Waals surface area contributed by atoms with Crippen LogP contribution in [-0.4, -0.2) is 33.0 Å². The van der Waals surface area contributed by atoms with E-state index in [1.165, 1.54) is 0 Å². The van der Waals surface area contributed by atoms with Crippen molar-refractivity contribution in [3.05, 3.63) is 0 Å². The summed E-state index contributed by atoms with van der Waals surface area (Å²) < 4.78 is 34.5. The minimum atomic E-state index is -3.97. The van der Waals surface area contributed by atoms with Gasteiger partial charge in [-0.3, -0.25) is 4.52 Å². The third-order valence-electron chi connectivity index (χ3n) is 1.72. The first kappa shape index (κ1) is 18.7. The van der Waals surface area contributed by atoms with Crippen molar-refractivity contribution in [3.8, 4) is 24.7 Å². The van der Waals surface area contributed by atoms with Gasteiger partial charge in [-0.05, 0) is 0 Å². The van der Waals surface area contributed by atoms with Crippen molar-refractivity contribution in [1.29, 1.82) is 0 Å². The molecule has 0 radical (unpaired) electrons. The molecule has 0 rings (SSSR count). The van der Waals surface area contributed by atoms with Crippen LogP contribution in [-0.2, 0) is 26.7 Å². The van der Waals surface area contributed by atoms with E-state index in [0.29, 0.717) is 0 Å². The van der Waals surface area contributed by atoms with Gasteiger partial charge < -0.3 is 9.47 Å². The SMILES string of the molecule is C#CCOCC(COCC#C)COP(=O)(OCl)OCl. The molecule has 0 fully saturated rings. The Bertz CT molecular complexity index is 336. The molecule has 0 spiro atoms. The van der Waals surface area contributed by atoms with Crippen LogP contribution in [0.3, 0.4) is 0 Å². The first-order valence-corrected chi connectivity index (χ1v) is 7.07. The first-order chi connectivity index (χ1) is 9.11. The molecule has 0 heterocycles. The fraction of sp³-hybridized carbons (Fsp3) is 0.600. The molecular formula is C10H13Cl2O6P. The van der Waals surface area contributed by atoms with E-state index in [2.05, 4.69) is 20.0 Å². The highest BCUT2D eigenvalue weighted by molar-refractivity contribution is 7.50. The van der Waals surface area contributed by atoms with Crippen molar-refractivity contribution in [1.82, 2.24) is 0 Å². The zero-order chi connectivity index (χ0) is 14.6. The number of ether oxygens (including phenoxy) is 2. The van der Waals surface area contributed by atoms with E-state index in [-0.39, 0.29) is 39.0 Å². The normalized spacial score (nSPS) is 11.2. The van der Waals surface area contributed by atoms with Gasteiger partial charge in [0, 0.05) is 5.92 Å². The molecule has 0 aromatic carbocycles. The summed E-state index contributed by atoms with van der Waals surface area (Å²) in [7, 11) is -3.97. The van der Waals surface area contributed by atoms with Crippen molar-refractivity contribution in [2.24, 2.45) is 5.92 Å². The van der Waals surface area contributed by atoms with Gasteiger partial charge in [0.25, 0.3) is 0 Å². The summed E-state index contributed by atoms with van der Waals surface area (Å²) in [6.45, 7) is 0.577. The Kier molecular flexibility index (Phi) is 11.4. The molecule has 9 heteroatoms.